The van der Waals surface area contributed by atoms with Gasteiger partial charge in [-0.1, -0.05) is 24.3 Å². The zero-order chi connectivity index (χ0) is 20.7. The minimum Gasteiger partial charge on any atom is -0.379 e. The molecule has 1 amide bonds. The molecule has 0 unspecified atom stereocenters. The maximum Gasteiger partial charge on any atom is 0.243 e. The molecule has 0 radical (unpaired) electrons. The van der Waals surface area contributed by atoms with Crippen LogP contribution in [0.2, 0.25) is 0 Å². The van der Waals surface area contributed by atoms with Crippen LogP contribution >= 0.6 is 0 Å². The molecule has 0 aromatic heterocycles. The van der Waals surface area contributed by atoms with Crippen LogP contribution in [0.4, 0.5) is 5.69 Å². The number of ether oxygens (including phenoxy) is 1. The lowest BCUT2D eigenvalue weighted by Gasteiger charge is -2.26. The number of amides is 1. The molecule has 1 saturated heterocycles. The van der Waals surface area contributed by atoms with Gasteiger partial charge in [-0.05, 0) is 41.8 Å². The molecule has 3 rings (SSSR count). The fraction of sp³-hybridized carbons (Fsp3) is 0.333. The SMILES string of the molecule is N#CCc1ccc(NC(=O)CCc2ccc(S(=O)(=O)N3CCOCC3)cc2)cc1. The molecular weight excluding hydrogens is 390 g/mol. The van der Waals surface area contributed by atoms with E-state index in [2.05, 4.69) is 11.4 Å². The van der Waals surface area contributed by atoms with E-state index in [0.29, 0.717) is 44.8 Å². The molecule has 0 spiro atoms. The Hall–Kier alpha value is -2.73. The summed E-state index contributed by atoms with van der Waals surface area (Å²) in [6, 6.07) is 15.9. The lowest BCUT2D eigenvalue weighted by molar-refractivity contribution is -0.116. The summed E-state index contributed by atoms with van der Waals surface area (Å²) in [6.45, 7) is 1.55. The highest BCUT2D eigenvalue weighted by molar-refractivity contribution is 7.89. The first-order valence-electron chi connectivity index (χ1n) is 9.41. The van der Waals surface area contributed by atoms with Gasteiger partial charge in [0.15, 0.2) is 0 Å². The first-order chi connectivity index (χ1) is 14.0. The minimum atomic E-state index is -3.50. The third-order valence-electron chi connectivity index (χ3n) is 4.69. The van der Waals surface area contributed by atoms with Gasteiger partial charge in [0.25, 0.3) is 0 Å². The number of aryl methyl sites for hydroxylation is 1. The van der Waals surface area contributed by atoms with Gasteiger partial charge in [0, 0.05) is 25.2 Å². The van der Waals surface area contributed by atoms with Gasteiger partial charge >= 0.3 is 0 Å². The Bertz CT molecular complexity index is 974. The van der Waals surface area contributed by atoms with Crippen molar-refractivity contribution in [2.45, 2.75) is 24.2 Å². The first kappa shape index (κ1) is 21.0. The number of morpholine rings is 1. The highest BCUT2D eigenvalue weighted by atomic mass is 32.2. The second kappa shape index (κ2) is 9.65. The number of benzene rings is 2. The predicted octanol–water partition coefficient (Wildman–Crippen LogP) is 2.34. The van der Waals surface area contributed by atoms with Crippen LogP contribution in [-0.4, -0.2) is 44.9 Å². The fourth-order valence-electron chi connectivity index (χ4n) is 3.04. The van der Waals surface area contributed by atoms with E-state index in [1.807, 2.05) is 12.1 Å². The number of nitrogens with one attached hydrogen (secondary N) is 1. The molecule has 152 valence electrons. The highest BCUT2D eigenvalue weighted by Crippen LogP contribution is 2.18. The zero-order valence-corrected chi connectivity index (χ0v) is 16.8. The lowest BCUT2D eigenvalue weighted by Crippen LogP contribution is -2.40. The van der Waals surface area contributed by atoms with Crippen LogP contribution in [0, 0.1) is 11.3 Å². The van der Waals surface area contributed by atoms with Crippen molar-refractivity contribution in [3.8, 4) is 6.07 Å². The van der Waals surface area contributed by atoms with E-state index < -0.39 is 10.0 Å². The maximum absolute atomic E-state index is 12.6. The Kier molecular flexibility index (Phi) is 6.99. The summed E-state index contributed by atoms with van der Waals surface area (Å²) in [5.74, 6) is -0.122. The minimum absolute atomic E-state index is 0.122. The van der Waals surface area contributed by atoms with Crippen molar-refractivity contribution in [2.24, 2.45) is 0 Å². The predicted molar refractivity (Wildman–Crippen MR) is 109 cm³/mol. The van der Waals surface area contributed by atoms with Crippen LogP contribution in [0.3, 0.4) is 0 Å². The number of sulfonamides is 1. The second-order valence-corrected chi connectivity index (χ2v) is 8.68. The Balaban J connectivity index is 1.53. The number of hydrogen-bond donors (Lipinski definition) is 1. The third-order valence-corrected chi connectivity index (χ3v) is 6.61. The van der Waals surface area contributed by atoms with Crippen molar-refractivity contribution in [3.05, 3.63) is 59.7 Å². The normalized spacial score (nSPS) is 14.9. The first-order valence-corrected chi connectivity index (χ1v) is 10.9. The van der Waals surface area contributed by atoms with Gasteiger partial charge in [0.2, 0.25) is 15.9 Å². The molecule has 2 aromatic rings. The van der Waals surface area contributed by atoms with E-state index in [1.165, 1.54) is 4.31 Å². The summed E-state index contributed by atoms with van der Waals surface area (Å²) in [5.41, 5.74) is 2.48. The standard InChI is InChI=1S/C21H23N3O4S/c22-12-11-18-1-6-19(7-2-18)23-21(25)10-5-17-3-8-20(9-4-17)29(26,27)24-13-15-28-16-14-24/h1-4,6-9H,5,10-11,13-16H2,(H,23,25). The molecule has 1 aliphatic rings. The Morgan fingerprint density at radius 1 is 1.03 bits per heavy atom. The smallest absolute Gasteiger partial charge is 0.243 e. The summed E-state index contributed by atoms with van der Waals surface area (Å²) in [7, 11) is -3.50. The molecule has 0 atom stereocenters. The quantitative estimate of drug-likeness (QED) is 0.751. The summed E-state index contributed by atoms with van der Waals surface area (Å²) in [6.07, 6.45) is 1.14. The lowest BCUT2D eigenvalue weighted by atomic mass is 10.1. The fourth-order valence-corrected chi connectivity index (χ4v) is 4.45. The molecule has 1 N–H and O–H groups in total. The Morgan fingerprint density at radius 3 is 2.28 bits per heavy atom. The van der Waals surface area contributed by atoms with Crippen molar-refractivity contribution >= 4 is 21.6 Å². The largest absolute Gasteiger partial charge is 0.379 e. The Labute approximate surface area is 171 Å². The number of nitrogens with zero attached hydrogens (tertiary/aromatic N) is 2. The average molecular weight is 413 g/mol. The number of carbonyl (C=O) groups is 1. The number of rotatable bonds is 7. The summed E-state index contributed by atoms with van der Waals surface area (Å²) in [4.78, 5) is 12.4. The van der Waals surface area contributed by atoms with Gasteiger partial charge in [-0.25, -0.2) is 8.42 Å². The van der Waals surface area contributed by atoms with E-state index >= 15 is 0 Å². The molecule has 0 aliphatic carbocycles. The molecule has 0 saturated carbocycles. The highest BCUT2D eigenvalue weighted by Gasteiger charge is 2.26. The molecule has 2 aromatic carbocycles. The summed E-state index contributed by atoms with van der Waals surface area (Å²) < 4.78 is 31.9. The molecular formula is C21H23N3O4S. The van der Waals surface area contributed by atoms with Crippen LogP contribution in [-0.2, 0) is 32.4 Å². The number of anilines is 1. The average Bonchev–Trinajstić information content (AvgIpc) is 2.75. The monoisotopic (exact) mass is 413 g/mol. The van der Waals surface area contributed by atoms with E-state index in [0.717, 1.165) is 11.1 Å². The van der Waals surface area contributed by atoms with Crippen LogP contribution in [0.5, 0.6) is 0 Å². The molecule has 1 fully saturated rings. The van der Waals surface area contributed by atoms with Crippen molar-refractivity contribution in [1.29, 1.82) is 5.26 Å². The van der Waals surface area contributed by atoms with Crippen LogP contribution < -0.4 is 5.32 Å². The van der Waals surface area contributed by atoms with Crippen molar-refractivity contribution in [1.82, 2.24) is 4.31 Å². The topological polar surface area (TPSA) is 99.5 Å². The molecule has 29 heavy (non-hydrogen) atoms. The number of nitriles is 1. The molecule has 1 aliphatic heterocycles. The number of carbonyl (C=O) groups excluding carboxylic acids is 1. The van der Waals surface area contributed by atoms with Gasteiger partial charge in [0.1, 0.15) is 0 Å². The molecule has 1 heterocycles. The van der Waals surface area contributed by atoms with Gasteiger partial charge in [0.05, 0.1) is 30.6 Å². The van der Waals surface area contributed by atoms with Crippen LogP contribution in [0.15, 0.2) is 53.4 Å². The Morgan fingerprint density at radius 2 is 1.66 bits per heavy atom. The van der Waals surface area contributed by atoms with Gasteiger partial charge < -0.3 is 10.1 Å². The van der Waals surface area contributed by atoms with Crippen LogP contribution in [0.1, 0.15) is 17.5 Å². The molecule has 8 heteroatoms. The summed E-state index contributed by atoms with van der Waals surface area (Å²) in [5, 5.41) is 11.5. The van der Waals surface area contributed by atoms with Crippen molar-refractivity contribution in [3.63, 3.8) is 0 Å². The molecule has 7 nitrogen and oxygen atoms in total. The maximum atomic E-state index is 12.6. The summed E-state index contributed by atoms with van der Waals surface area (Å²) >= 11 is 0. The van der Waals surface area contributed by atoms with E-state index in [1.54, 1.807) is 36.4 Å². The van der Waals surface area contributed by atoms with Crippen LogP contribution in [0.25, 0.3) is 0 Å². The van der Waals surface area contributed by atoms with Gasteiger partial charge in [-0.2, -0.15) is 9.57 Å². The molecule has 0 bridgehead atoms. The van der Waals surface area contributed by atoms with Crippen molar-refractivity contribution in [2.75, 3.05) is 31.6 Å². The van der Waals surface area contributed by atoms with Gasteiger partial charge in [-0.3, -0.25) is 4.79 Å². The van der Waals surface area contributed by atoms with Gasteiger partial charge in [-0.15, -0.1) is 0 Å². The number of hydrogen-bond acceptors (Lipinski definition) is 5. The zero-order valence-electron chi connectivity index (χ0n) is 16.0. The van der Waals surface area contributed by atoms with E-state index in [-0.39, 0.29) is 17.2 Å². The second-order valence-electron chi connectivity index (χ2n) is 6.74. The van der Waals surface area contributed by atoms with E-state index in [4.69, 9.17) is 10.00 Å². The third kappa shape index (κ3) is 5.64. The van der Waals surface area contributed by atoms with E-state index in [9.17, 15) is 13.2 Å². The van der Waals surface area contributed by atoms with Crippen molar-refractivity contribution < 1.29 is 17.9 Å².